The first kappa shape index (κ1) is 14.3. The van der Waals surface area contributed by atoms with Crippen LogP contribution in [0.5, 0.6) is 0 Å². The van der Waals surface area contributed by atoms with Gasteiger partial charge in [-0.05, 0) is 19.8 Å². The second-order valence-corrected chi connectivity index (χ2v) is 6.88. The number of nitrogens with one attached hydrogen (secondary N) is 1. The Morgan fingerprint density at radius 3 is 2.53 bits per heavy atom. The molecular weight excluding hydrogens is 268 g/mol. The van der Waals surface area contributed by atoms with E-state index in [1.807, 2.05) is 0 Å². The minimum absolute atomic E-state index is 0.00315. The van der Waals surface area contributed by atoms with Crippen molar-refractivity contribution in [1.29, 1.82) is 0 Å². The van der Waals surface area contributed by atoms with Gasteiger partial charge in [-0.15, -0.1) is 0 Å². The number of aryl methyl sites for hydroxylation is 1. The highest BCUT2D eigenvalue weighted by molar-refractivity contribution is 7.89. The van der Waals surface area contributed by atoms with Gasteiger partial charge in [0, 0.05) is 13.6 Å². The van der Waals surface area contributed by atoms with Crippen molar-refractivity contribution in [3.8, 4) is 0 Å². The van der Waals surface area contributed by atoms with Crippen LogP contribution < -0.4 is 10.5 Å². The van der Waals surface area contributed by atoms with Crippen LogP contribution in [-0.4, -0.2) is 35.5 Å². The molecule has 1 heterocycles. The first-order chi connectivity index (χ1) is 8.75. The third kappa shape index (κ3) is 2.75. The summed E-state index contributed by atoms with van der Waals surface area (Å²) in [7, 11) is -2.11. The van der Waals surface area contributed by atoms with Gasteiger partial charge in [0.05, 0.1) is 11.3 Å². The number of rotatable bonds is 4. The molecule has 1 aromatic heterocycles. The molecule has 1 fully saturated rings. The van der Waals surface area contributed by atoms with E-state index >= 15 is 0 Å². The first-order valence-corrected chi connectivity index (χ1v) is 7.75. The first-order valence-electron chi connectivity index (χ1n) is 6.26. The van der Waals surface area contributed by atoms with Crippen LogP contribution in [0.1, 0.15) is 31.4 Å². The lowest BCUT2D eigenvalue weighted by Gasteiger charge is -2.22. The fraction of sp³-hybridized carbons (Fsp3) is 0.727. The number of hydrogen-bond donors (Lipinski definition) is 3. The van der Waals surface area contributed by atoms with Gasteiger partial charge in [-0.1, -0.05) is 12.8 Å². The van der Waals surface area contributed by atoms with E-state index in [0.29, 0.717) is 18.5 Å². The largest absolute Gasteiger partial charge is 0.389 e. The predicted octanol–water partition coefficient (Wildman–Crippen LogP) is -0.106. The van der Waals surface area contributed by atoms with Crippen molar-refractivity contribution in [2.75, 3.05) is 12.3 Å². The molecule has 0 saturated heterocycles. The Morgan fingerprint density at radius 2 is 2.05 bits per heavy atom. The topological polar surface area (TPSA) is 110 Å². The van der Waals surface area contributed by atoms with Gasteiger partial charge in [-0.25, -0.2) is 13.1 Å². The molecule has 7 nitrogen and oxygen atoms in total. The molecule has 0 spiro atoms. The molecule has 1 aliphatic rings. The second kappa shape index (κ2) is 4.77. The lowest BCUT2D eigenvalue weighted by molar-refractivity contribution is 0.0532. The van der Waals surface area contributed by atoms with Crippen LogP contribution in [0.4, 0.5) is 5.82 Å². The summed E-state index contributed by atoms with van der Waals surface area (Å²) in [4.78, 5) is -0.00315. The Hall–Kier alpha value is -1.12. The molecule has 1 aliphatic carbocycles. The Labute approximate surface area is 112 Å². The molecule has 0 aliphatic heterocycles. The molecule has 0 atom stereocenters. The molecule has 0 unspecified atom stereocenters. The van der Waals surface area contributed by atoms with E-state index in [0.717, 1.165) is 12.8 Å². The van der Waals surface area contributed by atoms with Gasteiger partial charge in [0.1, 0.15) is 4.90 Å². The van der Waals surface area contributed by atoms with Crippen LogP contribution in [0.25, 0.3) is 0 Å². The van der Waals surface area contributed by atoms with Crippen molar-refractivity contribution in [1.82, 2.24) is 14.5 Å². The summed E-state index contributed by atoms with van der Waals surface area (Å²) >= 11 is 0. The van der Waals surface area contributed by atoms with Crippen molar-refractivity contribution < 1.29 is 13.5 Å². The van der Waals surface area contributed by atoms with Gasteiger partial charge >= 0.3 is 0 Å². The lowest BCUT2D eigenvalue weighted by atomic mass is 10.0. The number of aromatic nitrogens is 2. The van der Waals surface area contributed by atoms with Crippen molar-refractivity contribution in [3.63, 3.8) is 0 Å². The molecule has 4 N–H and O–H groups in total. The normalized spacial score (nSPS) is 18.9. The van der Waals surface area contributed by atoms with Crippen LogP contribution in [0.3, 0.4) is 0 Å². The summed E-state index contributed by atoms with van der Waals surface area (Å²) in [5.74, 6) is -0.0223. The molecule has 1 aromatic rings. The Kier molecular flexibility index (Phi) is 3.59. The highest BCUT2D eigenvalue weighted by atomic mass is 32.2. The average Bonchev–Trinajstić information content (AvgIpc) is 2.83. The van der Waals surface area contributed by atoms with E-state index in [-0.39, 0.29) is 17.3 Å². The van der Waals surface area contributed by atoms with Crippen LogP contribution in [-0.2, 0) is 17.1 Å². The third-order valence-electron chi connectivity index (χ3n) is 3.70. The average molecular weight is 288 g/mol. The number of nitrogens with zero attached hydrogens (tertiary/aromatic N) is 2. The molecule has 19 heavy (non-hydrogen) atoms. The van der Waals surface area contributed by atoms with Crippen molar-refractivity contribution in [3.05, 3.63) is 5.69 Å². The molecule has 0 bridgehead atoms. The van der Waals surface area contributed by atoms with Crippen LogP contribution in [0, 0.1) is 6.92 Å². The van der Waals surface area contributed by atoms with Crippen LogP contribution in [0.2, 0.25) is 0 Å². The van der Waals surface area contributed by atoms with E-state index in [1.165, 1.54) is 4.68 Å². The smallest absolute Gasteiger partial charge is 0.246 e. The molecular formula is C11H20N4O3S. The predicted molar refractivity (Wildman–Crippen MR) is 71.0 cm³/mol. The molecule has 0 radical (unpaired) electrons. The van der Waals surface area contributed by atoms with Crippen molar-refractivity contribution >= 4 is 15.8 Å². The standard InChI is InChI=1S/C11H20N4O3S/c1-8-9(10(12)14-15(8)2)19(17,18)13-7-11(16)5-3-4-6-11/h13,16H,3-7H2,1-2H3,(H2,12,14). The number of nitrogen functional groups attached to an aromatic ring is 1. The van der Waals surface area contributed by atoms with Gasteiger partial charge in [0.25, 0.3) is 0 Å². The summed E-state index contributed by atoms with van der Waals surface area (Å²) in [6.45, 7) is 1.66. The third-order valence-corrected chi connectivity index (χ3v) is 5.27. The minimum atomic E-state index is -3.74. The zero-order chi connectivity index (χ0) is 14.3. The van der Waals surface area contributed by atoms with Crippen molar-refractivity contribution in [2.24, 2.45) is 7.05 Å². The van der Waals surface area contributed by atoms with Gasteiger partial charge in [-0.2, -0.15) is 5.10 Å². The maximum absolute atomic E-state index is 12.2. The van der Waals surface area contributed by atoms with E-state index < -0.39 is 15.6 Å². The summed E-state index contributed by atoms with van der Waals surface area (Å²) in [5.41, 5.74) is 5.17. The highest BCUT2D eigenvalue weighted by Gasteiger charge is 2.34. The van der Waals surface area contributed by atoms with E-state index in [9.17, 15) is 13.5 Å². The Morgan fingerprint density at radius 1 is 1.47 bits per heavy atom. The number of nitrogens with two attached hydrogens (primary N) is 1. The quantitative estimate of drug-likeness (QED) is 0.716. The summed E-state index contributed by atoms with van der Waals surface area (Å²) in [6, 6.07) is 0. The van der Waals surface area contributed by atoms with E-state index in [2.05, 4.69) is 9.82 Å². The molecule has 0 aromatic carbocycles. The lowest BCUT2D eigenvalue weighted by Crippen LogP contribution is -2.41. The number of aliphatic hydroxyl groups is 1. The SMILES string of the molecule is Cc1c(S(=O)(=O)NCC2(O)CCCC2)c(N)nn1C. The summed E-state index contributed by atoms with van der Waals surface area (Å²) in [5, 5.41) is 14.1. The second-order valence-electron chi connectivity index (χ2n) is 5.18. The van der Waals surface area contributed by atoms with Gasteiger partial charge in [-0.3, -0.25) is 4.68 Å². The maximum Gasteiger partial charge on any atom is 0.246 e. The molecule has 1 saturated carbocycles. The Bertz CT molecular complexity index is 573. The molecule has 0 amide bonds. The Balaban J connectivity index is 2.19. The zero-order valence-electron chi connectivity index (χ0n) is 11.2. The number of sulfonamides is 1. The monoisotopic (exact) mass is 288 g/mol. The number of hydrogen-bond acceptors (Lipinski definition) is 5. The van der Waals surface area contributed by atoms with Crippen LogP contribution >= 0.6 is 0 Å². The molecule has 108 valence electrons. The molecule has 2 rings (SSSR count). The minimum Gasteiger partial charge on any atom is -0.389 e. The van der Waals surface area contributed by atoms with Gasteiger partial charge in [0.15, 0.2) is 5.82 Å². The van der Waals surface area contributed by atoms with Gasteiger partial charge in [0.2, 0.25) is 10.0 Å². The van der Waals surface area contributed by atoms with E-state index in [1.54, 1.807) is 14.0 Å². The van der Waals surface area contributed by atoms with Crippen molar-refractivity contribution in [2.45, 2.75) is 43.1 Å². The molecule has 8 heteroatoms. The summed E-state index contributed by atoms with van der Waals surface area (Å²) < 4.78 is 28.3. The maximum atomic E-state index is 12.2. The fourth-order valence-corrected chi connectivity index (χ4v) is 3.90. The zero-order valence-corrected chi connectivity index (χ0v) is 12.0. The summed E-state index contributed by atoms with van der Waals surface area (Å²) in [6.07, 6.45) is 3.09. The van der Waals surface area contributed by atoms with Crippen LogP contribution in [0.15, 0.2) is 4.90 Å². The highest BCUT2D eigenvalue weighted by Crippen LogP contribution is 2.29. The number of anilines is 1. The van der Waals surface area contributed by atoms with E-state index in [4.69, 9.17) is 5.73 Å². The fourth-order valence-electron chi connectivity index (χ4n) is 2.46. The van der Waals surface area contributed by atoms with Gasteiger partial charge < -0.3 is 10.8 Å².